The van der Waals surface area contributed by atoms with Crippen LogP contribution < -0.4 is 5.32 Å². The van der Waals surface area contributed by atoms with Gasteiger partial charge in [0.05, 0.1) is 32.0 Å². The Morgan fingerprint density at radius 3 is 1.13 bits per heavy atom. The molecule has 0 radical (unpaired) electrons. The first-order chi connectivity index (χ1) is 45.2. The molecule has 11 nitrogen and oxygen atoms in total. The second-order valence-corrected chi connectivity index (χ2v) is 27.8. The number of hydrogen-bond acceptors (Lipinski definition) is 10. The van der Waals surface area contributed by atoms with Crippen molar-refractivity contribution in [3.8, 4) is 0 Å². The van der Waals surface area contributed by atoms with E-state index >= 15 is 0 Å². The lowest BCUT2D eigenvalue weighted by Crippen LogP contribution is -2.60. The van der Waals surface area contributed by atoms with E-state index in [2.05, 4.69) is 55.6 Å². The first kappa shape index (κ1) is 87.6. The highest BCUT2D eigenvalue weighted by atomic mass is 16.7. The molecule has 0 aromatic rings. The highest BCUT2D eigenvalue weighted by Crippen LogP contribution is 2.24. The molecular formula is C81H151NO10. The van der Waals surface area contributed by atoms with Crippen molar-refractivity contribution in [3.63, 3.8) is 0 Å². The van der Waals surface area contributed by atoms with Gasteiger partial charge in [-0.05, 0) is 89.9 Å². The Morgan fingerprint density at radius 1 is 0.402 bits per heavy atom. The van der Waals surface area contributed by atoms with E-state index in [0.29, 0.717) is 19.4 Å². The molecule has 0 aliphatic carbocycles. The zero-order valence-corrected chi connectivity index (χ0v) is 60.3. The number of carbonyl (C=O) groups excluding carboxylic acids is 2. The highest BCUT2D eigenvalue weighted by molar-refractivity contribution is 5.76. The Morgan fingerprint density at radius 2 is 0.728 bits per heavy atom. The van der Waals surface area contributed by atoms with E-state index in [0.717, 1.165) is 64.2 Å². The maximum absolute atomic E-state index is 13.0. The number of aliphatic hydroxyl groups excluding tert-OH is 5. The number of nitrogens with one attached hydrogen (secondary N) is 1. The van der Waals surface area contributed by atoms with Gasteiger partial charge in [0.1, 0.15) is 24.4 Å². The summed E-state index contributed by atoms with van der Waals surface area (Å²) in [5, 5.41) is 54.4. The van der Waals surface area contributed by atoms with Crippen LogP contribution in [0.25, 0.3) is 0 Å². The Bertz CT molecular complexity index is 1670. The fourth-order valence-corrected chi connectivity index (χ4v) is 12.6. The third-order valence-electron chi connectivity index (χ3n) is 18.9. The number of hydrogen-bond donors (Lipinski definition) is 6. The van der Waals surface area contributed by atoms with Crippen molar-refractivity contribution in [2.45, 2.75) is 436 Å². The lowest BCUT2D eigenvalue weighted by molar-refractivity contribution is -0.302. The van der Waals surface area contributed by atoms with Crippen LogP contribution in [0.4, 0.5) is 0 Å². The zero-order valence-electron chi connectivity index (χ0n) is 60.3. The summed E-state index contributed by atoms with van der Waals surface area (Å²) in [6.45, 7) is 4.34. The molecule has 1 amide bonds. The minimum atomic E-state index is -1.57. The van der Waals surface area contributed by atoms with Gasteiger partial charge >= 0.3 is 5.97 Å². The molecule has 1 fully saturated rings. The van der Waals surface area contributed by atoms with Gasteiger partial charge in [-0.1, -0.05) is 339 Å². The lowest BCUT2D eigenvalue weighted by Gasteiger charge is -2.40. The SMILES string of the molecule is CCCCC/C=C\C/C=C\CCCCCCCCCCCC(=O)OCCCCCCCCCCCCCCCC/C=C\CCCCCCCCCCCCCCCCCCCC(=O)NC(COC1OC(CO)C(O)C(O)C1O)C(O)/C=C/CCCCCCCCCC. The average Bonchev–Trinajstić information content (AvgIpc) is 1.42. The highest BCUT2D eigenvalue weighted by Gasteiger charge is 2.44. The van der Waals surface area contributed by atoms with E-state index in [1.165, 1.54) is 302 Å². The third-order valence-corrected chi connectivity index (χ3v) is 18.9. The summed E-state index contributed by atoms with van der Waals surface area (Å²) in [6, 6.07) is -0.807. The molecule has 0 bridgehead atoms. The number of allylic oxidation sites excluding steroid dienone is 7. The Hall–Kier alpha value is -2.38. The molecule has 7 unspecified atom stereocenters. The van der Waals surface area contributed by atoms with Crippen LogP contribution in [-0.2, 0) is 23.8 Å². The van der Waals surface area contributed by atoms with Crippen molar-refractivity contribution in [1.82, 2.24) is 5.32 Å². The largest absolute Gasteiger partial charge is 0.466 e. The summed E-state index contributed by atoms with van der Waals surface area (Å²) < 4.78 is 16.8. The number of unbranched alkanes of at least 4 members (excludes halogenated alkanes) is 51. The van der Waals surface area contributed by atoms with Crippen LogP contribution in [-0.4, -0.2) is 100 Å². The molecule has 0 saturated carbocycles. The molecule has 1 aliphatic heterocycles. The first-order valence-electron chi connectivity index (χ1n) is 39.9. The Labute approximate surface area is 567 Å². The van der Waals surface area contributed by atoms with E-state index < -0.39 is 49.5 Å². The molecule has 92 heavy (non-hydrogen) atoms. The predicted octanol–water partition coefficient (Wildman–Crippen LogP) is 21.5. The van der Waals surface area contributed by atoms with Gasteiger partial charge in [-0.15, -0.1) is 0 Å². The monoisotopic (exact) mass is 1300 g/mol. The van der Waals surface area contributed by atoms with Gasteiger partial charge in [-0.3, -0.25) is 9.59 Å². The van der Waals surface area contributed by atoms with E-state index in [4.69, 9.17) is 14.2 Å². The summed E-state index contributed by atoms with van der Waals surface area (Å²) in [5.41, 5.74) is 0. The van der Waals surface area contributed by atoms with Crippen LogP contribution in [0, 0.1) is 0 Å². The van der Waals surface area contributed by atoms with E-state index in [1.54, 1.807) is 6.08 Å². The summed E-state index contributed by atoms with van der Waals surface area (Å²) in [6.07, 6.45) is 82.9. The minimum Gasteiger partial charge on any atom is -0.466 e. The van der Waals surface area contributed by atoms with Crippen LogP contribution >= 0.6 is 0 Å². The Balaban J connectivity index is 1.86. The standard InChI is InChI=1S/C81H151NO10/c1-3-5-7-9-11-13-15-16-17-18-36-40-43-46-49-53-57-61-65-69-77(86)90-70-66-62-58-54-50-47-44-41-38-35-33-31-29-27-25-23-21-19-20-22-24-26-28-30-32-34-37-39-42-45-48-52-56-60-64-68-76(85)82-73(72-91-81-80(89)79(88)78(87)75(71-83)92-81)74(84)67-63-59-55-51-14-12-10-8-6-4-2/h11,13,16-17,21,23,63,67,73-75,78-81,83-84,87-89H,3-10,12,14-15,18-20,22,24-62,64-66,68-72H2,1-2H3,(H,82,85)/b13-11-,17-16-,23-21-,67-63+. The quantitative estimate of drug-likeness (QED) is 0.0195. The van der Waals surface area contributed by atoms with E-state index in [1.807, 2.05) is 6.08 Å². The molecule has 540 valence electrons. The van der Waals surface area contributed by atoms with Crippen molar-refractivity contribution in [1.29, 1.82) is 0 Å². The van der Waals surface area contributed by atoms with Gasteiger partial charge in [0.25, 0.3) is 0 Å². The molecule has 7 atom stereocenters. The van der Waals surface area contributed by atoms with Gasteiger partial charge in [-0.2, -0.15) is 0 Å². The molecule has 0 spiro atoms. The molecule has 1 saturated heterocycles. The summed E-state index contributed by atoms with van der Waals surface area (Å²) in [5.74, 6) is -0.168. The van der Waals surface area contributed by atoms with Crippen molar-refractivity contribution >= 4 is 11.9 Å². The average molecular weight is 1300 g/mol. The second kappa shape index (κ2) is 70.0. The maximum atomic E-state index is 13.0. The molecule has 0 aromatic heterocycles. The van der Waals surface area contributed by atoms with Gasteiger partial charge < -0.3 is 45.1 Å². The topological polar surface area (TPSA) is 175 Å². The number of esters is 1. The van der Waals surface area contributed by atoms with Crippen LogP contribution in [0.5, 0.6) is 0 Å². The number of amides is 1. The second-order valence-electron chi connectivity index (χ2n) is 27.8. The molecular weight excluding hydrogens is 1150 g/mol. The molecule has 1 aliphatic rings. The third kappa shape index (κ3) is 57.8. The minimum absolute atomic E-state index is 0.0101. The normalized spacial score (nSPS) is 17.8. The summed E-state index contributed by atoms with van der Waals surface area (Å²) in [4.78, 5) is 25.2. The number of rotatable bonds is 71. The van der Waals surface area contributed by atoms with Crippen LogP contribution in [0.2, 0.25) is 0 Å². The van der Waals surface area contributed by atoms with Crippen molar-refractivity contribution in [2.75, 3.05) is 19.8 Å². The predicted molar refractivity (Wildman–Crippen MR) is 389 cm³/mol. The smallest absolute Gasteiger partial charge is 0.305 e. The number of ether oxygens (including phenoxy) is 3. The molecule has 0 aromatic carbocycles. The van der Waals surface area contributed by atoms with Crippen LogP contribution in [0.15, 0.2) is 48.6 Å². The lowest BCUT2D eigenvalue weighted by atomic mass is 9.99. The molecule has 11 heteroatoms. The molecule has 6 N–H and O–H groups in total. The Kier molecular flexibility index (Phi) is 66.6. The molecule has 1 rings (SSSR count). The number of carbonyl (C=O) groups is 2. The summed E-state index contributed by atoms with van der Waals surface area (Å²) >= 11 is 0. The summed E-state index contributed by atoms with van der Waals surface area (Å²) in [7, 11) is 0. The van der Waals surface area contributed by atoms with E-state index in [-0.39, 0.29) is 18.5 Å². The fraction of sp³-hybridized carbons (Fsp3) is 0.877. The zero-order chi connectivity index (χ0) is 66.5. The first-order valence-corrected chi connectivity index (χ1v) is 39.9. The van der Waals surface area contributed by atoms with Gasteiger partial charge in [0.2, 0.25) is 5.91 Å². The van der Waals surface area contributed by atoms with Crippen LogP contribution in [0.3, 0.4) is 0 Å². The van der Waals surface area contributed by atoms with Gasteiger partial charge in [-0.25, -0.2) is 0 Å². The van der Waals surface area contributed by atoms with Gasteiger partial charge in [0.15, 0.2) is 6.29 Å². The van der Waals surface area contributed by atoms with Gasteiger partial charge in [0, 0.05) is 12.8 Å². The maximum Gasteiger partial charge on any atom is 0.305 e. The number of aliphatic hydroxyl groups is 5. The fourth-order valence-electron chi connectivity index (χ4n) is 12.6. The van der Waals surface area contributed by atoms with Crippen molar-refractivity contribution in [2.24, 2.45) is 0 Å². The van der Waals surface area contributed by atoms with Crippen molar-refractivity contribution in [3.05, 3.63) is 48.6 Å². The molecule has 1 heterocycles. The van der Waals surface area contributed by atoms with E-state index in [9.17, 15) is 35.1 Å². The van der Waals surface area contributed by atoms with Crippen LogP contribution in [0.1, 0.15) is 393 Å². The van der Waals surface area contributed by atoms with Crippen molar-refractivity contribution < 1.29 is 49.3 Å².